The average molecular weight is 282 g/mol. The van der Waals surface area contributed by atoms with Gasteiger partial charge in [-0.1, -0.05) is 25.0 Å². The van der Waals surface area contributed by atoms with Crippen molar-refractivity contribution in [1.82, 2.24) is 5.32 Å². The van der Waals surface area contributed by atoms with Crippen molar-refractivity contribution in [2.45, 2.75) is 32.3 Å². The van der Waals surface area contributed by atoms with Crippen molar-refractivity contribution in [3.05, 3.63) is 35.6 Å². The van der Waals surface area contributed by atoms with Gasteiger partial charge in [0.1, 0.15) is 12.4 Å². The number of ether oxygens (including phenoxy) is 1. The van der Waals surface area contributed by atoms with E-state index in [1.165, 1.54) is 12.1 Å². The molecule has 0 aliphatic heterocycles. The Bertz CT molecular complexity index is 382. The molecular weight excluding hydrogens is 259 g/mol. The molecule has 112 valence electrons. The van der Waals surface area contributed by atoms with Crippen LogP contribution < -0.4 is 11.1 Å². The van der Waals surface area contributed by atoms with E-state index in [0.717, 1.165) is 37.8 Å². The minimum atomic E-state index is -0.277. The normalized spacial score (nSPS) is 10.5. The fourth-order valence-electron chi connectivity index (χ4n) is 1.74. The Morgan fingerprint density at radius 1 is 1.15 bits per heavy atom. The average Bonchev–Trinajstić information content (AvgIpc) is 2.45. The van der Waals surface area contributed by atoms with E-state index in [4.69, 9.17) is 10.5 Å². The van der Waals surface area contributed by atoms with Gasteiger partial charge in [0.05, 0.1) is 6.61 Å². The van der Waals surface area contributed by atoms with Gasteiger partial charge in [-0.15, -0.1) is 0 Å². The predicted octanol–water partition coefficient (Wildman–Crippen LogP) is 1.98. The van der Waals surface area contributed by atoms with E-state index in [9.17, 15) is 9.18 Å². The monoisotopic (exact) mass is 282 g/mol. The number of hydrogen-bond acceptors (Lipinski definition) is 3. The van der Waals surface area contributed by atoms with E-state index in [-0.39, 0.29) is 18.3 Å². The summed E-state index contributed by atoms with van der Waals surface area (Å²) in [5, 5.41) is 2.80. The summed E-state index contributed by atoms with van der Waals surface area (Å²) in [6.07, 6.45) is 4.18. The summed E-state index contributed by atoms with van der Waals surface area (Å²) >= 11 is 0. The van der Waals surface area contributed by atoms with Crippen LogP contribution in [0.3, 0.4) is 0 Å². The van der Waals surface area contributed by atoms with E-state index in [1.807, 2.05) is 0 Å². The Kier molecular flexibility index (Phi) is 8.58. The maximum atomic E-state index is 12.7. The van der Waals surface area contributed by atoms with Crippen LogP contribution in [0.15, 0.2) is 24.3 Å². The zero-order valence-electron chi connectivity index (χ0n) is 11.7. The minimum Gasteiger partial charge on any atom is -0.367 e. The number of rotatable bonds is 10. The van der Waals surface area contributed by atoms with Crippen molar-refractivity contribution in [2.24, 2.45) is 5.73 Å². The second-order valence-electron chi connectivity index (χ2n) is 4.67. The van der Waals surface area contributed by atoms with Crippen molar-refractivity contribution < 1.29 is 13.9 Å². The van der Waals surface area contributed by atoms with Crippen molar-refractivity contribution in [3.8, 4) is 0 Å². The molecule has 1 rings (SSSR count). The maximum Gasteiger partial charge on any atom is 0.246 e. The quantitative estimate of drug-likeness (QED) is 0.645. The van der Waals surface area contributed by atoms with E-state index in [1.54, 1.807) is 12.1 Å². The van der Waals surface area contributed by atoms with Gasteiger partial charge in [-0.3, -0.25) is 4.79 Å². The molecule has 0 radical (unpaired) electrons. The van der Waals surface area contributed by atoms with Crippen molar-refractivity contribution in [3.63, 3.8) is 0 Å². The fourth-order valence-corrected chi connectivity index (χ4v) is 1.74. The van der Waals surface area contributed by atoms with Gasteiger partial charge >= 0.3 is 0 Å². The number of hydrogen-bond donors (Lipinski definition) is 2. The Morgan fingerprint density at radius 3 is 2.55 bits per heavy atom. The first-order valence-corrected chi connectivity index (χ1v) is 7.01. The highest BCUT2D eigenvalue weighted by atomic mass is 19.1. The summed E-state index contributed by atoms with van der Waals surface area (Å²) in [6, 6.07) is 6.04. The Labute approximate surface area is 119 Å². The predicted molar refractivity (Wildman–Crippen MR) is 76.6 cm³/mol. The molecule has 1 aromatic rings. The van der Waals surface area contributed by atoms with Gasteiger partial charge in [-0.05, 0) is 37.1 Å². The van der Waals surface area contributed by atoms with E-state index in [2.05, 4.69) is 5.32 Å². The summed E-state index contributed by atoms with van der Waals surface area (Å²) in [6.45, 7) is 1.73. The lowest BCUT2D eigenvalue weighted by Gasteiger charge is -2.06. The Hall–Kier alpha value is -1.46. The molecular formula is C15H23FN2O2. The van der Waals surface area contributed by atoms with Crippen LogP contribution in [0.1, 0.15) is 31.2 Å². The van der Waals surface area contributed by atoms with Crippen LogP contribution in [0, 0.1) is 5.82 Å². The number of unbranched alkanes of at least 4 members (excludes halogenated alkanes) is 3. The van der Waals surface area contributed by atoms with Crippen molar-refractivity contribution in [2.75, 3.05) is 19.7 Å². The van der Waals surface area contributed by atoms with Gasteiger partial charge in [0, 0.05) is 6.54 Å². The molecule has 0 aromatic heterocycles. The van der Waals surface area contributed by atoms with Crippen LogP contribution in [0.25, 0.3) is 0 Å². The first-order chi connectivity index (χ1) is 9.72. The highest BCUT2D eigenvalue weighted by Crippen LogP contribution is 2.03. The number of halogens is 1. The Morgan fingerprint density at radius 2 is 1.85 bits per heavy atom. The first kappa shape index (κ1) is 16.6. The van der Waals surface area contributed by atoms with Crippen molar-refractivity contribution >= 4 is 5.91 Å². The molecule has 3 N–H and O–H groups in total. The van der Waals surface area contributed by atoms with Crippen LogP contribution in [0.5, 0.6) is 0 Å². The second-order valence-corrected chi connectivity index (χ2v) is 4.67. The number of nitrogens with two attached hydrogens (primary N) is 1. The largest absolute Gasteiger partial charge is 0.367 e. The molecule has 20 heavy (non-hydrogen) atoms. The molecule has 0 spiro atoms. The van der Waals surface area contributed by atoms with Crippen LogP contribution in [-0.4, -0.2) is 25.6 Å². The Balaban J connectivity index is 2.01. The SMILES string of the molecule is NCCCCCCNC(=O)COCc1ccc(F)cc1. The molecule has 1 amide bonds. The van der Waals surface area contributed by atoms with Gasteiger partial charge in [0.2, 0.25) is 5.91 Å². The summed E-state index contributed by atoms with van der Waals surface area (Å²) < 4.78 is 17.9. The third kappa shape index (κ3) is 7.86. The number of carbonyl (C=O) groups is 1. The third-order valence-electron chi connectivity index (χ3n) is 2.87. The van der Waals surface area contributed by atoms with Gasteiger partial charge in [-0.2, -0.15) is 0 Å². The number of nitrogens with one attached hydrogen (secondary N) is 1. The topological polar surface area (TPSA) is 64.3 Å². The molecule has 0 aliphatic carbocycles. The molecule has 5 heteroatoms. The molecule has 0 fully saturated rings. The van der Waals surface area contributed by atoms with Gasteiger partial charge in [0.15, 0.2) is 0 Å². The standard InChI is InChI=1S/C15H23FN2O2/c16-14-7-5-13(6-8-14)11-20-12-15(19)18-10-4-2-1-3-9-17/h5-8H,1-4,9-12,17H2,(H,18,19). The zero-order valence-corrected chi connectivity index (χ0v) is 11.7. The third-order valence-corrected chi connectivity index (χ3v) is 2.87. The number of benzene rings is 1. The zero-order chi connectivity index (χ0) is 14.6. The molecule has 0 aliphatic rings. The molecule has 0 unspecified atom stereocenters. The van der Waals surface area contributed by atoms with Gasteiger partial charge < -0.3 is 15.8 Å². The maximum absolute atomic E-state index is 12.7. The molecule has 0 atom stereocenters. The number of amides is 1. The highest BCUT2D eigenvalue weighted by Gasteiger charge is 2.01. The molecule has 0 bridgehead atoms. The van der Waals surface area contributed by atoms with E-state index in [0.29, 0.717) is 13.2 Å². The van der Waals surface area contributed by atoms with Crippen LogP contribution in [-0.2, 0) is 16.1 Å². The molecule has 0 heterocycles. The summed E-state index contributed by atoms with van der Waals surface area (Å²) in [5.74, 6) is -0.396. The van der Waals surface area contributed by atoms with Crippen LogP contribution in [0.2, 0.25) is 0 Å². The summed E-state index contributed by atoms with van der Waals surface area (Å²) in [4.78, 5) is 11.5. The smallest absolute Gasteiger partial charge is 0.246 e. The van der Waals surface area contributed by atoms with E-state index >= 15 is 0 Å². The molecule has 4 nitrogen and oxygen atoms in total. The lowest BCUT2D eigenvalue weighted by Crippen LogP contribution is -2.28. The number of carbonyl (C=O) groups excluding carboxylic acids is 1. The first-order valence-electron chi connectivity index (χ1n) is 7.01. The summed E-state index contributed by atoms with van der Waals surface area (Å²) in [5.41, 5.74) is 6.24. The lowest BCUT2D eigenvalue weighted by molar-refractivity contribution is -0.126. The molecule has 1 aromatic carbocycles. The minimum absolute atomic E-state index is 0.0280. The lowest BCUT2D eigenvalue weighted by atomic mass is 10.2. The van der Waals surface area contributed by atoms with Crippen LogP contribution >= 0.6 is 0 Å². The fraction of sp³-hybridized carbons (Fsp3) is 0.533. The van der Waals surface area contributed by atoms with Crippen molar-refractivity contribution in [1.29, 1.82) is 0 Å². The van der Waals surface area contributed by atoms with Gasteiger partial charge in [-0.25, -0.2) is 4.39 Å². The summed E-state index contributed by atoms with van der Waals surface area (Å²) in [7, 11) is 0. The van der Waals surface area contributed by atoms with Gasteiger partial charge in [0.25, 0.3) is 0 Å². The molecule has 0 saturated carbocycles. The van der Waals surface area contributed by atoms with E-state index < -0.39 is 0 Å². The van der Waals surface area contributed by atoms with Crippen LogP contribution in [0.4, 0.5) is 4.39 Å². The second kappa shape index (κ2) is 10.3. The molecule has 0 saturated heterocycles. The highest BCUT2D eigenvalue weighted by molar-refractivity contribution is 5.77.